The van der Waals surface area contributed by atoms with E-state index in [2.05, 4.69) is 47.3 Å². The first kappa shape index (κ1) is 62.6. The number of esters is 1. The van der Waals surface area contributed by atoms with Gasteiger partial charge in [0.25, 0.3) is 0 Å². The van der Waals surface area contributed by atoms with Crippen LogP contribution in [0.4, 0.5) is 0 Å². The van der Waals surface area contributed by atoms with Crippen molar-refractivity contribution >= 4 is 11.9 Å². The number of rotatable bonds is 17. The monoisotopic (exact) mass is 1130 g/mol. The maximum Gasteiger partial charge on any atom is 0.331 e. The first-order valence-corrected chi connectivity index (χ1v) is 27.7. The highest BCUT2D eigenvalue weighted by molar-refractivity contribution is 5.86. The molecule has 4 aliphatic heterocycles. The molecule has 25 heteroatoms. The fourth-order valence-corrected chi connectivity index (χ4v) is 15.2. The van der Waals surface area contributed by atoms with E-state index in [1.54, 1.807) is 0 Å². The fraction of sp³-hybridized carbons (Fsp3) is 0.889. The number of hydrogen-bond donors (Lipinski definition) is 15. The minimum atomic E-state index is -2.09. The molecule has 3 saturated carbocycles. The van der Waals surface area contributed by atoms with Gasteiger partial charge in [0.05, 0.1) is 31.8 Å². The quantitative estimate of drug-likeness (QED) is 0.0397. The molecular formula is C54H86O25. The van der Waals surface area contributed by atoms with Gasteiger partial charge >= 0.3 is 11.9 Å². The van der Waals surface area contributed by atoms with Gasteiger partial charge in [0, 0.05) is 12.2 Å². The maximum absolute atomic E-state index is 15.5. The number of aliphatic carboxylic acids is 1. The Balaban J connectivity index is 1.10. The number of aliphatic hydroxyl groups is 14. The second kappa shape index (κ2) is 23.9. The number of carbonyl (C=O) groups excluding carboxylic acids is 1. The van der Waals surface area contributed by atoms with Crippen LogP contribution in [0.15, 0.2) is 23.8 Å². The summed E-state index contributed by atoms with van der Waals surface area (Å²) >= 11 is 0. The summed E-state index contributed by atoms with van der Waals surface area (Å²) in [6, 6.07) is 0. The van der Waals surface area contributed by atoms with Crippen LogP contribution in [0.5, 0.6) is 0 Å². The van der Waals surface area contributed by atoms with Gasteiger partial charge < -0.3 is 114 Å². The summed E-state index contributed by atoms with van der Waals surface area (Å²) in [7, 11) is 0. The normalized spacial score (nSPS) is 49.8. The Morgan fingerprint density at radius 3 is 1.71 bits per heavy atom. The highest BCUT2D eigenvalue weighted by atomic mass is 16.8. The smallest absolute Gasteiger partial charge is 0.331 e. The standard InChI is InChI=1S/C54H86O25/c1-23(44(69)70)24-10-12-53(6)31(51(24,4)11-7-17-55)9-8-25-26-18-50(2,3)13-15-54(26,16-14-52(25,53)5)49(71)79-47-41(68)42(77-45-39(66)36(63)32(59)27(19-56)73-45)35(62)30(76-47)22-72-48-43(38(65)34(61)29(21-58)75-48)78-46-40(67)37(64)33(60)28(20-57)74-46/h8,24,26-43,45-48,55-68H,1,7,9-22H2,2-6H3,(H,69,70)/t24-,26-,27-,28+,29+,30+,31+,32-,33+,34-,35+,36-,37-,38-,39+,40+,41-,42-,43+,45-,46-,47-,48+,51-,52+,53-,54-/m1/s1. The summed E-state index contributed by atoms with van der Waals surface area (Å²) in [5.74, 6) is -2.54. The summed E-state index contributed by atoms with van der Waals surface area (Å²) in [5.41, 5.74) is -1.63. The Kier molecular flexibility index (Phi) is 19.0. The van der Waals surface area contributed by atoms with Crippen LogP contribution in [0.25, 0.3) is 0 Å². The lowest BCUT2D eigenvalue weighted by molar-refractivity contribution is -0.377. The summed E-state index contributed by atoms with van der Waals surface area (Å²) < 4.78 is 47.1. The molecule has 4 saturated heterocycles. The molecule has 0 unspecified atom stereocenters. The molecular weight excluding hydrogens is 1050 g/mol. The molecule has 0 radical (unpaired) electrons. The van der Waals surface area contributed by atoms with Crippen molar-refractivity contribution in [3.8, 4) is 0 Å². The molecule has 4 aliphatic carbocycles. The van der Waals surface area contributed by atoms with Gasteiger partial charge in [-0.1, -0.05) is 52.8 Å². The van der Waals surface area contributed by atoms with E-state index in [9.17, 15) is 81.4 Å². The van der Waals surface area contributed by atoms with Crippen LogP contribution in [0.2, 0.25) is 0 Å². The van der Waals surface area contributed by atoms with Crippen molar-refractivity contribution in [2.75, 3.05) is 33.0 Å². The lowest BCUT2D eigenvalue weighted by atomic mass is 9.35. The van der Waals surface area contributed by atoms with Gasteiger partial charge in [-0.15, -0.1) is 0 Å². The lowest BCUT2D eigenvalue weighted by Crippen LogP contribution is -2.66. The molecule has 27 atom stereocenters. The van der Waals surface area contributed by atoms with Crippen LogP contribution in [-0.2, 0) is 47.5 Å². The van der Waals surface area contributed by atoms with Crippen LogP contribution < -0.4 is 0 Å². The predicted octanol–water partition coefficient (Wildman–Crippen LogP) is -2.80. The fourth-order valence-electron chi connectivity index (χ4n) is 15.2. The molecule has 0 bridgehead atoms. The van der Waals surface area contributed by atoms with E-state index in [4.69, 9.17) is 37.9 Å². The van der Waals surface area contributed by atoms with Gasteiger partial charge in [-0.25, -0.2) is 4.79 Å². The topological polar surface area (TPSA) is 411 Å². The predicted molar refractivity (Wildman–Crippen MR) is 267 cm³/mol. The summed E-state index contributed by atoms with van der Waals surface area (Å²) in [6.07, 6.45) is -29.6. The number of hydrogen-bond acceptors (Lipinski definition) is 24. The van der Waals surface area contributed by atoms with Gasteiger partial charge in [0.15, 0.2) is 18.9 Å². The second-order valence-electron chi connectivity index (χ2n) is 25.1. The van der Waals surface area contributed by atoms with Crippen molar-refractivity contribution in [2.24, 2.45) is 44.8 Å². The average molecular weight is 1140 g/mol. The highest BCUT2D eigenvalue weighted by Gasteiger charge is 2.68. The maximum atomic E-state index is 15.5. The second-order valence-corrected chi connectivity index (χ2v) is 25.1. The van der Waals surface area contributed by atoms with Gasteiger partial charge in [0.2, 0.25) is 6.29 Å². The summed E-state index contributed by atoms with van der Waals surface area (Å²) in [4.78, 5) is 28.0. The number of fused-ring (bicyclic) bond motifs is 5. The van der Waals surface area contributed by atoms with Gasteiger partial charge in [-0.2, -0.15) is 0 Å². The summed E-state index contributed by atoms with van der Waals surface area (Å²) in [6.45, 7) is 11.5. The van der Waals surface area contributed by atoms with Crippen molar-refractivity contribution in [1.82, 2.24) is 0 Å². The average Bonchev–Trinajstić information content (AvgIpc) is 3.27. The Labute approximate surface area is 458 Å². The molecule has 79 heavy (non-hydrogen) atoms. The number of ether oxygens (including phenoxy) is 8. The van der Waals surface area contributed by atoms with Gasteiger partial charge in [-0.05, 0) is 104 Å². The first-order valence-electron chi connectivity index (χ1n) is 27.7. The van der Waals surface area contributed by atoms with Crippen molar-refractivity contribution in [3.63, 3.8) is 0 Å². The van der Waals surface area contributed by atoms with Crippen molar-refractivity contribution in [3.05, 3.63) is 23.8 Å². The van der Waals surface area contributed by atoms with Crippen LogP contribution in [0, 0.1) is 44.8 Å². The van der Waals surface area contributed by atoms with E-state index < -0.39 is 183 Å². The highest BCUT2D eigenvalue weighted by Crippen LogP contribution is 2.74. The van der Waals surface area contributed by atoms with Crippen molar-refractivity contribution < 1.29 is 124 Å². The third kappa shape index (κ3) is 11.0. The zero-order valence-corrected chi connectivity index (χ0v) is 45.5. The summed E-state index contributed by atoms with van der Waals surface area (Å²) in [5, 5.41) is 160. The molecule has 8 rings (SSSR count). The van der Waals surface area contributed by atoms with E-state index in [0.29, 0.717) is 64.2 Å². The molecule has 0 aromatic rings. The molecule has 8 aliphatic rings. The Bertz CT molecular complexity index is 2180. The minimum Gasteiger partial charge on any atom is -0.478 e. The van der Waals surface area contributed by atoms with Crippen LogP contribution in [0.1, 0.15) is 98.8 Å². The number of carboxylic acid groups (broad SMARTS) is 1. The largest absolute Gasteiger partial charge is 0.478 e. The molecule has 452 valence electrons. The van der Waals surface area contributed by atoms with E-state index in [-0.39, 0.29) is 34.8 Å². The molecule has 25 nitrogen and oxygen atoms in total. The molecule has 4 heterocycles. The number of allylic oxidation sites excluding steroid dienone is 2. The first-order chi connectivity index (χ1) is 37.1. The number of aliphatic hydroxyl groups excluding tert-OH is 14. The molecule has 0 spiro atoms. The van der Waals surface area contributed by atoms with Gasteiger partial charge in [-0.3, -0.25) is 4.79 Å². The van der Waals surface area contributed by atoms with E-state index in [1.807, 2.05) is 0 Å². The van der Waals surface area contributed by atoms with Crippen LogP contribution in [-0.4, -0.2) is 244 Å². The molecule has 7 fully saturated rings. The van der Waals surface area contributed by atoms with E-state index >= 15 is 4.79 Å². The Morgan fingerprint density at radius 1 is 0.620 bits per heavy atom. The van der Waals surface area contributed by atoms with Crippen LogP contribution >= 0.6 is 0 Å². The Morgan fingerprint density at radius 2 is 1.15 bits per heavy atom. The van der Waals surface area contributed by atoms with Crippen LogP contribution in [0.3, 0.4) is 0 Å². The molecule has 0 aromatic carbocycles. The zero-order chi connectivity index (χ0) is 58.1. The Hall–Kier alpha value is -2.42. The minimum absolute atomic E-state index is 0.0142. The molecule has 0 amide bonds. The van der Waals surface area contributed by atoms with Crippen molar-refractivity contribution in [2.45, 2.75) is 222 Å². The SMILES string of the molecule is C=C(C(=O)O)[C@H]1CC[C@]2(C)[C@@H](CC=C3[C@H]4CC(C)(C)CC[C@@]4(C(=O)O[C@H]4O[C@@H](CO[C@H]5O[C@@H](CO)[C@@H](O)[C@@H](O)[C@@H]5O[C@H]5O[C@@H](CO)[C@H](O)[C@@H](O)[C@@H]5O)[C@H](O)[C@@H](O[C@H]5O[C@H](CO)[C@@H](O)[C@@H](O)[C@@H]5O)[C@H]4O)CC[C@@]32C)[C@]1(C)CCCO. The van der Waals surface area contributed by atoms with Gasteiger partial charge in [0.1, 0.15) is 97.7 Å². The number of carbonyl (C=O) groups is 2. The zero-order valence-electron chi connectivity index (χ0n) is 45.5. The third-order valence-corrected chi connectivity index (χ3v) is 20.3. The number of carboxylic acids is 1. The van der Waals surface area contributed by atoms with E-state index in [0.717, 1.165) is 5.57 Å². The van der Waals surface area contributed by atoms with Crippen molar-refractivity contribution in [1.29, 1.82) is 0 Å². The molecule has 15 N–H and O–H groups in total. The third-order valence-electron chi connectivity index (χ3n) is 20.3. The van der Waals surface area contributed by atoms with E-state index in [1.165, 1.54) is 0 Å². The lowest BCUT2D eigenvalue weighted by Gasteiger charge is -2.69. The molecule has 0 aromatic heterocycles.